The molecule has 0 aliphatic rings. The van der Waals surface area contributed by atoms with Gasteiger partial charge >= 0.3 is 0 Å². The predicted molar refractivity (Wildman–Crippen MR) is 53.5 cm³/mol. The van der Waals surface area contributed by atoms with Crippen LogP contribution >= 0.6 is 11.3 Å². The number of pyridine rings is 1. The Labute approximate surface area is 81.5 Å². The van der Waals surface area contributed by atoms with E-state index < -0.39 is 0 Å². The van der Waals surface area contributed by atoms with Gasteiger partial charge in [0.15, 0.2) is 12.4 Å². The molecule has 0 aliphatic heterocycles. The van der Waals surface area contributed by atoms with E-state index >= 15 is 0 Å². The first kappa shape index (κ1) is 8.38. The molecule has 0 spiro atoms. The summed E-state index contributed by atoms with van der Waals surface area (Å²) in [6, 6.07) is 4.12. The Morgan fingerprint density at radius 3 is 2.92 bits per heavy atom. The standard InChI is InChI=1S/C10H11N2S/c1-8-7-13-10(11-8)9-4-3-5-12(2)6-9/h3-7H,1-2H3/q+1. The van der Waals surface area contributed by atoms with Crippen molar-refractivity contribution in [3.8, 4) is 10.6 Å². The Bertz CT molecular complexity index is 420. The molecule has 0 saturated heterocycles. The van der Waals surface area contributed by atoms with Crippen molar-refractivity contribution >= 4 is 11.3 Å². The molecule has 3 heteroatoms. The first-order valence-electron chi connectivity index (χ1n) is 4.13. The Hall–Kier alpha value is -1.22. The first-order chi connectivity index (χ1) is 6.25. The van der Waals surface area contributed by atoms with Crippen LogP contribution < -0.4 is 4.57 Å². The molecule has 0 amide bonds. The van der Waals surface area contributed by atoms with E-state index in [0.717, 1.165) is 10.7 Å². The SMILES string of the molecule is Cc1csc(-c2ccc[n+](C)c2)n1. The van der Waals surface area contributed by atoms with E-state index in [1.165, 1.54) is 5.56 Å². The number of nitrogens with zero attached hydrogens (tertiary/aromatic N) is 2. The third-order valence-corrected chi connectivity index (χ3v) is 2.81. The molecule has 0 aromatic carbocycles. The zero-order valence-electron chi connectivity index (χ0n) is 7.69. The molecular formula is C10H11N2S+. The summed E-state index contributed by atoms with van der Waals surface area (Å²) in [6.07, 6.45) is 4.10. The lowest BCUT2D eigenvalue weighted by atomic mass is 10.3. The second-order valence-electron chi connectivity index (χ2n) is 3.05. The van der Waals surface area contributed by atoms with E-state index in [1.54, 1.807) is 11.3 Å². The summed E-state index contributed by atoms with van der Waals surface area (Å²) in [5.74, 6) is 0. The van der Waals surface area contributed by atoms with Crippen LogP contribution in [0.5, 0.6) is 0 Å². The van der Waals surface area contributed by atoms with Crippen molar-refractivity contribution < 1.29 is 4.57 Å². The number of aromatic nitrogens is 2. The Balaban J connectivity index is 2.46. The van der Waals surface area contributed by atoms with Crippen molar-refractivity contribution in [2.24, 2.45) is 7.05 Å². The van der Waals surface area contributed by atoms with Crippen LogP contribution in [-0.2, 0) is 7.05 Å². The molecule has 0 aliphatic carbocycles. The smallest absolute Gasteiger partial charge is 0.178 e. The highest BCUT2D eigenvalue weighted by Gasteiger charge is 2.04. The fraction of sp³-hybridized carbons (Fsp3) is 0.200. The molecular weight excluding hydrogens is 180 g/mol. The van der Waals surface area contributed by atoms with Gasteiger partial charge in [0.2, 0.25) is 0 Å². The van der Waals surface area contributed by atoms with E-state index in [4.69, 9.17) is 0 Å². The molecule has 2 aromatic heterocycles. The molecule has 0 atom stereocenters. The summed E-state index contributed by atoms with van der Waals surface area (Å²) in [5, 5.41) is 3.16. The zero-order chi connectivity index (χ0) is 9.26. The van der Waals surface area contributed by atoms with Crippen LogP contribution in [0.15, 0.2) is 29.9 Å². The van der Waals surface area contributed by atoms with Crippen molar-refractivity contribution in [1.82, 2.24) is 4.98 Å². The number of thiazole rings is 1. The topological polar surface area (TPSA) is 16.8 Å². The monoisotopic (exact) mass is 191 g/mol. The molecule has 2 aromatic rings. The lowest BCUT2D eigenvalue weighted by molar-refractivity contribution is -0.671. The van der Waals surface area contributed by atoms with Gasteiger partial charge in [-0.05, 0) is 13.0 Å². The second-order valence-corrected chi connectivity index (χ2v) is 3.91. The summed E-state index contributed by atoms with van der Waals surface area (Å²) in [7, 11) is 2.02. The molecule has 0 unspecified atom stereocenters. The van der Waals surface area contributed by atoms with Gasteiger partial charge in [0.25, 0.3) is 0 Å². The molecule has 66 valence electrons. The molecule has 0 N–H and O–H groups in total. The van der Waals surface area contributed by atoms with Gasteiger partial charge in [-0.1, -0.05) is 0 Å². The van der Waals surface area contributed by atoms with Crippen LogP contribution in [0.3, 0.4) is 0 Å². The van der Waals surface area contributed by atoms with Crippen LogP contribution in [0.25, 0.3) is 10.6 Å². The molecule has 0 radical (unpaired) electrons. The maximum Gasteiger partial charge on any atom is 0.178 e. The average molecular weight is 191 g/mol. The minimum absolute atomic E-state index is 1.09. The Kier molecular flexibility index (Phi) is 2.10. The van der Waals surface area contributed by atoms with E-state index in [2.05, 4.69) is 22.6 Å². The number of aryl methyl sites for hydroxylation is 2. The van der Waals surface area contributed by atoms with E-state index in [-0.39, 0.29) is 0 Å². The van der Waals surface area contributed by atoms with Crippen LogP contribution in [0.2, 0.25) is 0 Å². The largest absolute Gasteiger partial charge is 0.241 e. The summed E-state index contributed by atoms with van der Waals surface area (Å²) in [4.78, 5) is 4.43. The molecule has 0 fully saturated rings. The van der Waals surface area contributed by atoms with Crippen molar-refractivity contribution in [3.63, 3.8) is 0 Å². The number of rotatable bonds is 1. The maximum atomic E-state index is 4.43. The van der Waals surface area contributed by atoms with Gasteiger partial charge in [-0.3, -0.25) is 0 Å². The third-order valence-electron chi connectivity index (χ3n) is 1.81. The fourth-order valence-corrected chi connectivity index (χ4v) is 1.99. The highest BCUT2D eigenvalue weighted by molar-refractivity contribution is 7.13. The van der Waals surface area contributed by atoms with Crippen molar-refractivity contribution in [2.45, 2.75) is 6.92 Å². The zero-order valence-corrected chi connectivity index (χ0v) is 8.51. The Morgan fingerprint density at radius 2 is 2.31 bits per heavy atom. The highest BCUT2D eigenvalue weighted by Crippen LogP contribution is 2.21. The quantitative estimate of drug-likeness (QED) is 0.629. The highest BCUT2D eigenvalue weighted by atomic mass is 32.1. The predicted octanol–water partition coefficient (Wildman–Crippen LogP) is 1.94. The van der Waals surface area contributed by atoms with Gasteiger partial charge in [-0.25, -0.2) is 9.55 Å². The van der Waals surface area contributed by atoms with Crippen LogP contribution in [0.4, 0.5) is 0 Å². The van der Waals surface area contributed by atoms with Gasteiger partial charge in [0.1, 0.15) is 12.1 Å². The fourth-order valence-electron chi connectivity index (χ4n) is 1.20. The van der Waals surface area contributed by atoms with Gasteiger partial charge < -0.3 is 0 Å². The van der Waals surface area contributed by atoms with E-state index in [1.807, 2.05) is 30.8 Å². The molecule has 13 heavy (non-hydrogen) atoms. The normalized spacial score (nSPS) is 10.3. The van der Waals surface area contributed by atoms with Crippen molar-refractivity contribution in [2.75, 3.05) is 0 Å². The van der Waals surface area contributed by atoms with Crippen LogP contribution in [0.1, 0.15) is 5.69 Å². The summed E-state index contributed by atoms with van der Waals surface area (Å²) in [6.45, 7) is 2.02. The average Bonchev–Trinajstić information content (AvgIpc) is 2.52. The van der Waals surface area contributed by atoms with E-state index in [9.17, 15) is 0 Å². The Morgan fingerprint density at radius 1 is 1.46 bits per heavy atom. The molecule has 0 bridgehead atoms. The lowest BCUT2D eigenvalue weighted by Gasteiger charge is -1.92. The molecule has 2 nitrogen and oxygen atoms in total. The molecule has 0 saturated carbocycles. The minimum Gasteiger partial charge on any atom is -0.241 e. The van der Waals surface area contributed by atoms with Gasteiger partial charge in [-0.2, -0.15) is 0 Å². The van der Waals surface area contributed by atoms with Gasteiger partial charge in [0, 0.05) is 17.1 Å². The summed E-state index contributed by atoms with van der Waals surface area (Å²) in [5.41, 5.74) is 2.27. The minimum atomic E-state index is 1.09. The number of hydrogen-bond donors (Lipinski definition) is 0. The lowest BCUT2D eigenvalue weighted by Crippen LogP contribution is -2.26. The van der Waals surface area contributed by atoms with Crippen LogP contribution in [0, 0.1) is 6.92 Å². The second kappa shape index (κ2) is 3.26. The van der Waals surface area contributed by atoms with E-state index in [0.29, 0.717) is 0 Å². The van der Waals surface area contributed by atoms with Crippen molar-refractivity contribution in [3.05, 3.63) is 35.6 Å². The van der Waals surface area contributed by atoms with Gasteiger partial charge in [-0.15, -0.1) is 11.3 Å². The third kappa shape index (κ3) is 1.75. The summed E-state index contributed by atoms with van der Waals surface area (Å²) >= 11 is 1.69. The molecule has 2 rings (SSSR count). The van der Waals surface area contributed by atoms with Crippen LogP contribution in [-0.4, -0.2) is 4.98 Å². The van der Waals surface area contributed by atoms with Crippen molar-refractivity contribution in [1.29, 1.82) is 0 Å². The number of hydrogen-bond acceptors (Lipinski definition) is 2. The first-order valence-corrected chi connectivity index (χ1v) is 5.01. The van der Waals surface area contributed by atoms with Gasteiger partial charge in [0.05, 0.1) is 5.56 Å². The molecule has 2 heterocycles. The maximum absolute atomic E-state index is 4.43. The summed E-state index contributed by atoms with van der Waals surface area (Å²) < 4.78 is 2.03.